The maximum absolute atomic E-state index is 15.9. The van der Waals surface area contributed by atoms with Crippen molar-refractivity contribution in [2.45, 2.75) is 51.6 Å². The lowest BCUT2D eigenvalue weighted by Crippen LogP contribution is -2.58. The summed E-state index contributed by atoms with van der Waals surface area (Å²) < 4.78 is 15.9. The minimum atomic E-state index is -3.37. The third-order valence-electron chi connectivity index (χ3n) is 3.57. The molecule has 106 valence electrons. The number of carbonyl (C=O) groups is 1. The van der Waals surface area contributed by atoms with Gasteiger partial charge >= 0.3 is 5.97 Å². The number of carboxylic acids is 1. The lowest BCUT2D eigenvalue weighted by atomic mass is 10.2. The summed E-state index contributed by atoms with van der Waals surface area (Å²) in [6.45, 7) is 11.4. The molecule has 19 heavy (non-hydrogen) atoms. The fraction of sp³-hybridized carbons (Fsp3) is 0.533. The first-order chi connectivity index (χ1) is 8.41. The number of hydrogen-bond acceptors (Lipinski definition) is 1. The van der Waals surface area contributed by atoms with Gasteiger partial charge in [0.25, 0.3) is 8.41 Å². The molecule has 0 atom stereocenters. The number of halogens is 1. The molecule has 2 nitrogen and oxygen atoms in total. The highest BCUT2D eigenvalue weighted by atomic mass is 28.4. The Morgan fingerprint density at radius 2 is 1.58 bits per heavy atom. The summed E-state index contributed by atoms with van der Waals surface area (Å²) in [7, 11) is -3.37. The summed E-state index contributed by atoms with van der Waals surface area (Å²) >= 11 is 0. The highest BCUT2D eigenvalue weighted by Gasteiger charge is 2.56. The molecule has 0 heterocycles. The molecule has 0 bridgehead atoms. The molecule has 1 N–H and O–H groups in total. The van der Waals surface area contributed by atoms with Crippen LogP contribution < -0.4 is 5.19 Å². The Kier molecular flexibility index (Phi) is 3.97. The van der Waals surface area contributed by atoms with Gasteiger partial charge in [0.05, 0.1) is 5.56 Å². The van der Waals surface area contributed by atoms with Crippen molar-refractivity contribution in [3.63, 3.8) is 0 Å². The van der Waals surface area contributed by atoms with Crippen LogP contribution in [0.2, 0.25) is 10.1 Å². The largest absolute Gasteiger partial charge is 0.478 e. The van der Waals surface area contributed by atoms with E-state index in [4.69, 9.17) is 5.11 Å². The fourth-order valence-corrected chi connectivity index (χ4v) is 7.52. The fourth-order valence-electron chi connectivity index (χ4n) is 2.86. The molecule has 0 aliphatic heterocycles. The quantitative estimate of drug-likeness (QED) is 0.654. The van der Waals surface area contributed by atoms with Gasteiger partial charge < -0.3 is 9.21 Å². The molecule has 1 aromatic carbocycles. The molecule has 1 aromatic rings. The molecule has 0 aromatic heterocycles. The van der Waals surface area contributed by atoms with Gasteiger partial charge in [-0.3, -0.25) is 0 Å². The van der Waals surface area contributed by atoms with Crippen LogP contribution in [0.1, 0.15) is 51.9 Å². The molecular formula is C15H23FO2Si. The van der Waals surface area contributed by atoms with Gasteiger partial charge in [-0.15, -0.1) is 0 Å². The monoisotopic (exact) mass is 281 g/mol. The number of aromatic carboxylic acids is 1. The summed E-state index contributed by atoms with van der Waals surface area (Å²) in [5.41, 5.74) is 0.153. The summed E-state index contributed by atoms with van der Waals surface area (Å²) in [4.78, 5) is 11.1. The van der Waals surface area contributed by atoms with Crippen molar-refractivity contribution < 1.29 is 14.0 Å². The first-order valence-electron chi connectivity index (χ1n) is 6.44. The van der Waals surface area contributed by atoms with Crippen molar-refractivity contribution in [3.05, 3.63) is 29.8 Å². The van der Waals surface area contributed by atoms with E-state index in [0.717, 1.165) is 0 Å². The van der Waals surface area contributed by atoms with Crippen LogP contribution in [0, 0.1) is 0 Å². The van der Waals surface area contributed by atoms with E-state index < -0.39 is 24.5 Å². The van der Waals surface area contributed by atoms with Crippen molar-refractivity contribution in [1.29, 1.82) is 0 Å². The highest BCUT2D eigenvalue weighted by molar-refractivity contribution is 6.90. The topological polar surface area (TPSA) is 37.3 Å². The third-order valence-corrected chi connectivity index (χ3v) is 8.81. The summed E-state index contributed by atoms with van der Waals surface area (Å²) in [6, 6.07) is 6.38. The second kappa shape index (κ2) is 4.74. The maximum Gasteiger partial charge on any atom is 0.335 e. The zero-order valence-corrected chi connectivity index (χ0v) is 13.5. The second-order valence-corrected chi connectivity index (χ2v) is 11.9. The van der Waals surface area contributed by atoms with Gasteiger partial charge in [-0.2, -0.15) is 0 Å². The van der Waals surface area contributed by atoms with Crippen molar-refractivity contribution in [3.8, 4) is 0 Å². The highest BCUT2D eigenvalue weighted by Crippen LogP contribution is 2.51. The lowest BCUT2D eigenvalue weighted by molar-refractivity contribution is 0.0697. The predicted molar refractivity (Wildman–Crippen MR) is 79.3 cm³/mol. The van der Waals surface area contributed by atoms with E-state index in [-0.39, 0.29) is 5.56 Å². The number of hydrogen-bond donors (Lipinski definition) is 1. The van der Waals surface area contributed by atoms with E-state index in [1.54, 1.807) is 12.1 Å². The molecule has 0 spiro atoms. The zero-order valence-electron chi connectivity index (χ0n) is 12.5. The third kappa shape index (κ3) is 2.73. The minimum Gasteiger partial charge on any atom is -0.478 e. The number of rotatable bonds is 2. The normalized spacial score (nSPS) is 13.4. The molecular weight excluding hydrogens is 258 g/mol. The van der Waals surface area contributed by atoms with Crippen LogP contribution in [0.15, 0.2) is 24.3 Å². The molecule has 0 unspecified atom stereocenters. The Balaban J connectivity index is 3.52. The average molecular weight is 281 g/mol. The molecule has 0 aliphatic rings. The van der Waals surface area contributed by atoms with Gasteiger partial charge in [-0.1, -0.05) is 53.7 Å². The number of benzene rings is 1. The van der Waals surface area contributed by atoms with Crippen molar-refractivity contribution in [1.82, 2.24) is 0 Å². The molecule has 0 saturated heterocycles. The van der Waals surface area contributed by atoms with E-state index in [1.165, 1.54) is 12.1 Å². The summed E-state index contributed by atoms with van der Waals surface area (Å²) in [6.07, 6.45) is 0. The van der Waals surface area contributed by atoms with E-state index in [0.29, 0.717) is 5.19 Å². The number of carboxylic acid groups (broad SMARTS) is 1. The van der Waals surface area contributed by atoms with E-state index in [1.807, 2.05) is 41.5 Å². The van der Waals surface area contributed by atoms with Gasteiger partial charge in [0.15, 0.2) is 0 Å². The second-order valence-electron chi connectivity index (χ2n) is 7.04. The van der Waals surface area contributed by atoms with Gasteiger partial charge in [-0.25, -0.2) is 4.79 Å². The molecule has 0 fully saturated rings. The minimum absolute atomic E-state index is 0.153. The van der Waals surface area contributed by atoms with E-state index in [9.17, 15) is 4.79 Å². The maximum atomic E-state index is 15.9. The summed E-state index contributed by atoms with van der Waals surface area (Å²) in [5, 5.41) is 8.64. The Hall–Kier alpha value is -1.16. The van der Waals surface area contributed by atoms with Crippen LogP contribution in [0.3, 0.4) is 0 Å². The smallest absolute Gasteiger partial charge is 0.335 e. The van der Waals surface area contributed by atoms with Crippen molar-refractivity contribution in [2.75, 3.05) is 0 Å². The van der Waals surface area contributed by atoms with Crippen LogP contribution >= 0.6 is 0 Å². The van der Waals surface area contributed by atoms with Crippen LogP contribution in [0.5, 0.6) is 0 Å². The van der Waals surface area contributed by atoms with Crippen molar-refractivity contribution in [2.24, 2.45) is 0 Å². The molecule has 0 saturated carbocycles. The first-order valence-corrected chi connectivity index (χ1v) is 8.32. The van der Waals surface area contributed by atoms with Gasteiger partial charge in [0.1, 0.15) is 0 Å². The Morgan fingerprint density at radius 1 is 1.11 bits per heavy atom. The molecule has 0 radical (unpaired) electrons. The predicted octanol–water partition coefficient (Wildman–Crippen LogP) is 4.11. The van der Waals surface area contributed by atoms with Gasteiger partial charge in [0.2, 0.25) is 0 Å². The van der Waals surface area contributed by atoms with Crippen LogP contribution in [-0.2, 0) is 0 Å². The van der Waals surface area contributed by atoms with Crippen LogP contribution in [0.4, 0.5) is 4.11 Å². The first kappa shape index (κ1) is 15.9. The Bertz CT molecular complexity index is 470. The Morgan fingerprint density at radius 3 is 1.95 bits per heavy atom. The van der Waals surface area contributed by atoms with Gasteiger partial charge in [0, 0.05) is 0 Å². The SMILES string of the molecule is CC(C)(C)[Si]([18F])(c1cccc(C(=O)O)c1)C(C)(C)C. The molecule has 4 heteroatoms. The molecule has 0 amide bonds. The Labute approximate surface area is 115 Å². The van der Waals surface area contributed by atoms with Gasteiger partial charge in [-0.05, 0) is 27.4 Å². The van der Waals surface area contributed by atoms with Crippen molar-refractivity contribution >= 4 is 19.6 Å². The zero-order chi connectivity index (χ0) is 15.1. The van der Waals surface area contributed by atoms with E-state index >= 15 is 4.11 Å². The lowest BCUT2D eigenvalue weighted by Gasteiger charge is -2.45. The molecule has 0 aliphatic carbocycles. The average Bonchev–Trinajstić information content (AvgIpc) is 2.25. The summed E-state index contributed by atoms with van der Waals surface area (Å²) in [5.74, 6) is -1.01. The standard InChI is InChI=1S/C15H23FO2Si/c1-14(2,3)19(16,15(4,5)6)12-9-7-8-11(10-12)13(17)18/h7-10H,1-6H3,(H,17,18)/i16-1. The molecule has 1 rings (SSSR count). The van der Waals surface area contributed by atoms with E-state index in [2.05, 4.69) is 0 Å². The van der Waals surface area contributed by atoms with Crippen LogP contribution in [0.25, 0.3) is 0 Å². The van der Waals surface area contributed by atoms with Crippen LogP contribution in [-0.4, -0.2) is 19.5 Å².